The van der Waals surface area contributed by atoms with Gasteiger partial charge in [0.25, 0.3) is 0 Å². The van der Waals surface area contributed by atoms with Crippen LogP contribution in [0.4, 0.5) is 4.39 Å². The largest absolute Gasteiger partial charge is 0.244 e. The van der Waals surface area contributed by atoms with Crippen LogP contribution in [0.1, 0.15) is 47.5 Å². The third-order valence-corrected chi connectivity index (χ3v) is 1.64. The van der Waals surface area contributed by atoms with Gasteiger partial charge in [-0.05, 0) is 25.2 Å². The van der Waals surface area contributed by atoms with Crippen LogP contribution in [0.5, 0.6) is 0 Å². The molecule has 1 unspecified atom stereocenters. The molecule has 0 amide bonds. The molecule has 0 radical (unpaired) electrons. The number of hydrogen-bond acceptors (Lipinski definition) is 0. The van der Waals surface area contributed by atoms with E-state index in [1.54, 1.807) is 6.92 Å². The van der Waals surface area contributed by atoms with E-state index in [0.29, 0.717) is 12.8 Å². The van der Waals surface area contributed by atoms with E-state index in [-0.39, 0.29) is 5.41 Å². The summed E-state index contributed by atoms with van der Waals surface area (Å²) >= 11 is 0. The molecule has 0 aromatic carbocycles. The molecule has 0 saturated heterocycles. The molecule has 0 bridgehead atoms. The molecule has 0 aromatic rings. The van der Waals surface area contributed by atoms with Gasteiger partial charge in [0.15, 0.2) is 0 Å². The van der Waals surface area contributed by atoms with Gasteiger partial charge in [0.05, 0.1) is 0 Å². The Morgan fingerprint density at radius 2 is 1.50 bits per heavy atom. The van der Waals surface area contributed by atoms with Crippen LogP contribution in [-0.4, -0.2) is 5.67 Å². The molecule has 1 heteroatoms. The zero-order valence-corrected chi connectivity index (χ0v) is 7.79. The third kappa shape index (κ3) is 4.78. The summed E-state index contributed by atoms with van der Waals surface area (Å²) in [4.78, 5) is 0. The Bertz CT molecular complexity index is 97.8. The Morgan fingerprint density at radius 3 is 1.60 bits per heavy atom. The minimum Gasteiger partial charge on any atom is -0.244 e. The Morgan fingerprint density at radius 1 is 1.10 bits per heavy atom. The molecule has 0 N–H and O–H groups in total. The molecule has 0 saturated carbocycles. The molecule has 0 spiro atoms. The van der Waals surface area contributed by atoms with Gasteiger partial charge in [-0.15, -0.1) is 0 Å². The van der Waals surface area contributed by atoms with Gasteiger partial charge in [-0.3, -0.25) is 0 Å². The van der Waals surface area contributed by atoms with E-state index >= 15 is 0 Å². The van der Waals surface area contributed by atoms with Gasteiger partial charge in [0.1, 0.15) is 5.67 Å². The second kappa shape index (κ2) is 2.89. The van der Waals surface area contributed by atoms with Gasteiger partial charge in [0.2, 0.25) is 0 Å². The summed E-state index contributed by atoms with van der Waals surface area (Å²) < 4.78 is 13.3. The number of alkyl halides is 1. The van der Waals surface area contributed by atoms with Gasteiger partial charge < -0.3 is 0 Å². The lowest BCUT2D eigenvalue weighted by Gasteiger charge is -2.27. The van der Waals surface area contributed by atoms with Crippen LogP contribution in [-0.2, 0) is 0 Å². The molecule has 0 heterocycles. The normalized spacial score (nSPS) is 18.6. The van der Waals surface area contributed by atoms with Crippen molar-refractivity contribution in [3.63, 3.8) is 0 Å². The Kier molecular flexibility index (Phi) is 2.87. The molecule has 0 fully saturated rings. The number of hydrogen-bond donors (Lipinski definition) is 0. The van der Waals surface area contributed by atoms with Crippen LogP contribution < -0.4 is 0 Å². The first kappa shape index (κ1) is 9.93. The van der Waals surface area contributed by atoms with Crippen molar-refractivity contribution in [1.82, 2.24) is 0 Å². The first-order chi connectivity index (χ1) is 4.27. The summed E-state index contributed by atoms with van der Waals surface area (Å²) in [5.41, 5.74) is -0.863. The summed E-state index contributed by atoms with van der Waals surface area (Å²) in [5.74, 6) is 0. The average molecular weight is 146 g/mol. The van der Waals surface area contributed by atoms with E-state index in [9.17, 15) is 4.39 Å². The quantitative estimate of drug-likeness (QED) is 0.558. The fourth-order valence-electron chi connectivity index (χ4n) is 1.23. The van der Waals surface area contributed by atoms with E-state index in [0.717, 1.165) is 0 Å². The van der Waals surface area contributed by atoms with E-state index in [4.69, 9.17) is 0 Å². The summed E-state index contributed by atoms with van der Waals surface area (Å²) in [6, 6.07) is 0. The van der Waals surface area contributed by atoms with Crippen LogP contribution >= 0.6 is 0 Å². The van der Waals surface area contributed by atoms with Gasteiger partial charge in [-0.25, -0.2) is 4.39 Å². The molecule has 62 valence electrons. The predicted molar refractivity (Wildman–Crippen MR) is 43.9 cm³/mol. The highest BCUT2D eigenvalue weighted by atomic mass is 19.1. The van der Waals surface area contributed by atoms with Crippen molar-refractivity contribution in [3.8, 4) is 0 Å². The smallest absolute Gasteiger partial charge is 0.108 e. The summed E-state index contributed by atoms with van der Waals surface area (Å²) in [6.45, 7) is 9.78. The maximum absolute atomic E-state index is 13.3. The Hall–Kier alpha value is -0.0700. The van der Waals surface area contributed by atoms with Crippen molar-refractivity contribution in [2.45, 2.75) is 53.1 Å². The molecule has 10 heavy (non-hydrogen) atoms. The second-order valence-corrected chi connectivity index (χ2v) is 4.50. The van der Waals surface area contributed by atoms with E-state index in [1.807, 2.05) is 6.92 Å². The Labute approximate surface area is 63.8 Å². The molecule has 0 aliphatic heterocycles. The minimum absolute atomic E-state index is 0.111. The molecule has 0 rings (SSSR count). The Balaban J connectivity index is 3.89. The van der Waals surface area contributed by atoms with Crippen LogP contribution in [0.2, 0.25) is 0 Å². The van der Waals surface area contributed by atoms with Crippen LogP contribution in [0.25, 0.3) is 0 Å². The van der Waals surface area contributed by atoms with E-state index in [1.165, 1.54) is 0 Å². The average Bonchev–Trinajstić information content (AvgIpc) is 1.60. The SMILES string of the molecule is CCC(C)(F)CC(C)(C)C. The summed E-state index contributed by atoms with van der Waals surface area (Å²) in [7, 11) is 0. The standard InChI is InChI=1S/C9H19F/c1-6-9(5,10)7-8(2,3)4/h6-7H2,1-5H3. The van der Waals surface area contributed by atoms with Crippen molar-refractivity contribution >= 4 is 0 Å². The second-order valence-electron chi connectivity index (χ2n) is 4.50. The molecular formula is C9H19F. The maximum atomic E-state index is 13.3. The fraction of sp³-hybridized carbons (Fsp3) is 1.00. The monoisotopic (exact) mass is 146 g/mol. The molecule has 0 aliphatic rings. The molecule has 0 aliphatic carbocycles. The minimum atomic E-state index is -0.974. The van der Waals surface area contributed by atoms with Crippen LogP contribution in [0.15, 0.2) is 0 Å². The molecule has 0 aromatic heterocycles. The lowest BCUT2D eigenvalue weighted by molar-refractivity contribution is 0.114. The number of halogens is 1. The van der Waals surface area contributed by atoms with Crippen LogP contribution in [0, 0.1) is 5.41 Å². The predicted octanol–water partition coefficient (Wildman–Crippen LogP) is 3.56. The summed E-state index contributed by atoms with van der Waals surface area (Å²) in [5, 5.41) is 0. The van der Waals surface area contributed by atoms with E-state index in [2.05, 4.69) is 20.8 Å². The van der Waals surface area contributed by atoms with Crippen molar-refractivity contribution < 1.29 is 4.39 Å². The van der Waals surface area contributed by atoms with Crippen molar-refractivity contribution in [1.29, 1.82) is 0 Å². The highest BCUT2D eigenvalue weighted by molar-refractivity contribution is 4.78. The first-order valence-electron chi connectivity index (χ1n) is 3.96. The van der Waals surface area contributed by atoms with E-state index < -0.39 is 5.67 Å². The van der Waals surface area contributed by atoms with Gasteiger partial charge in [0, 0.05) is 0 Å². The molecule has 1 atom stereocenters. The highest BCUT2D eigenvalue weighted by Crippen LogP contribution is 2.31. The number of rotatable bonds is 2. The topological polar surface area (TPSA) is 0 Å². The van der Waals surface area contributed by atoms with Crippen LogP contribution in [0.3, 0.4) is 0 Å². The summed E-state index contributed by atoms with van der Waals surface area (Å²) in [6.07, 6.45) is 1.26. The molecule has 0 nitrogen and oxygen atoms in total. The fourth-order valence-corrected chi connectivity index (χ4v) is 1.23. The zero-order valence-electron chi connectivity index (χ0n) is 7.79. The maximum Gasteiger partial charge on any atom is 0.108 e. The van der Waals surface area contributed by atoms with Gasteiger partial charge in [-0.1, -0.05) is 27.7 Å². The zero-order chi connectivity index (χ0) is 8.41. The van der Waals surface area contributed by atoms with Gasteiger partial charge in [-0.2, -0.15) is 0 Å². The van der Waals surface area contributed by atoms with Gasteiger partial charge >= 0.3 is 0 Å². The lowest BCUT2D eigenvalue weighted by atomic mass is 9.83. The van der Waals surface area contributed by atoms with Crippen molar-refractivity contribution in [2.24, 2.45) is 5.41 Å². The third-order valence-electron chi connectivity index (χ3n) is 1.64. The van der Waals surface area contributed by atoms with Crippen molar-refractivity contribution in [2.75, 3.05) is 0 Å². The van der Waals surface area contributed by atoms with Crippen molar-refractivity contribution in [3.05, 3.63) is 0 Å². The first-order valence-corrected chi connectivity index (χ1v) is 3.96. The lowest BCUT2D eigenvalue weighted by Crippen LogP contribution is -2.24. The molecular weight excluding hydrogens is 127 g/mol. The highest BCUT2D eigenvalue weighted by Gasteiger charge is 2.27.